The molecule has 0 aliphatic heterocycles. The summed E-state index contributed by atoms with van der Waals surface area (Å²) >= 11 is 1.48. The van der Waals surface area contributed by atoms with Gasteiger partial charge in [0.15, 0.2) is 0 Å². The van der Waals surface area contributed by atoms with Crippen LogP contribution in [0.1, 0.15) is 17.7 Å². The first-order chi connectivity index (χ1) is 14.0. The van der Waals surface area contributed by atoms with E-state index in [0.717, 1.165) is 5.56 Å². The lowest BCUT2D eigenvalue weighted by Crippen LogP contribution is -2.52. The average Bonchev–Trinajstić information content (AvgIpc) is 3.22. The average molecular weight is 420 g/mol. The molecule has 2 amide bonds. The molecule has 2 atom stereocenters. The molecule has 1 heterocycles. The second-order valence-corrected chi connectivity index (χ2v) is 7.21. The summed E-state index contributed by atoms with van der Waals surface area (Å²) in [4.78, 5) is 43.0. The number of amides is 2. The van der Waals surface area contributed by atoms with E-state index in [1.54, 1.807) is 0 Å². The standard InChI is InChI=1S/C19H24N4O5S/c1-29-8-7-15(18(25)26)22-17(24)16(9-14-10-20-12-21-14)23-19(27)28-11-13-5-3-2-4-6-13/h2-6,10,12,15-16H,7-9,11H2,1H3,(H,20,21)(H,22,24)(H,23,27)(H,25,26)/t15-,16-/m0/s1. The van der Waals surface area contributed by atoms with Gasteiger partial charge in [-0.3, -0.25) is 4.79 Å². The number of carboxylic acids is 1. The van der Waals surface area contributed by atoms with E-state index >= 15 is 0 Å². The minimum Gasteiger partial charge on any atom is -0.480 e. The second-order valence-electron chi connectivity index (χ2n) is 6.22. The Morgan fingerprint density at radius 1 is 1.21 bits per heavy atom. The first kappa shape index (κ1) is 22.3. The maximum Gasteiger partial charge on any atom is 0.408 e. The summed E-state index contributed by atoms with van der Waals surface area (Å²) < 4.78 is 5.17. The summed E-state index contributed by atoms with van der Waals surface area (Å²) in [5.41, 5.74) is 1.42. The summed E-state index contributed by atoms with van der Waals surface area (Å²) in [7, 11) is 0. The second kappa shape index (κ2) is 11.7. The Bertz CT molecular complexity index is 785. The highest BCUT2D eigenvalue weighted by Gasteiger charge is 2.27. The third kappa shape index (κ3) is 7.86. The van der Waals surface area contributed by atoms with Crippen molar-refractivity contribution in [2.75, 3.05) is 12.0 Å². The lowest BCUT2D eigenvalue weighted by molar-refractivity contribution is -0.142. The number of ether oxygens (including phenoxy) is 1. The normalized spacial score (nSPS) is 12.6. The molecule has 10 heteroatoms. The number of carbonyl (C=O) groups excluding carboxylic acids is 2. The van der Waals surface area contributed by atoms with Crippen LogP contribution >= 0.6 is 11.8 Å². The molecule has 0 bridgehead atoms. The van der Waals surface area contributed by atoms with E-state index in [-0.39, 0.29) is 19.4 Å². The molecule has 0 fully saturated rings. The van der Waals surface area contributed by atoms with Crippen molar-refractivity contribution in [2.45, 2.75) is 31.5 Å². The van der Waals surface area contributed by atoms with Gasteiger partial charge in [0.1, 0.15) is 18.7 Å². The smallest absolute Gasteiger partial charge is 0.408 e. The Morgan fingerprint density at radius 2 is 1.97 bits per heavy atom. The van der Waals surface area contributed by atoms with Crippen LogP contribution in [0.4, 0.5) is 4.79 Å². The van der Waals surface area contributed by atoms with Crippen molar-refractivity contribution in [1.29, 1.82) is 0 Å². The van der Waals surface area contributed by atoms with Gasteiger partial charge in [-0.15, -0.1) is 0 Å². The van der Waals surface area contributed by atoms with Crippen molar-refractivity contribution in [1.82, 2.24) is 20.6 Å². The summed E-state index contributed by atoms with van der Waals surface area (Å²) in [5.74, 6) is -1.15. The number of nitrogens with zero attached hydrogens (tertiary/aromatic N) is 1. The van der Waals surface area contributed by atoms with Crippen LogP contribution in [0, 0.1) is 0 Å². The number of carboxylic acid groups (broad SMARTS) is 1. The van der Waals surface area contributed by atoms with Gasteiger partial charge in [-0.25, -0.2) is 14.6 Å². The summed E-state index contributed by atoms with van der Waals surface area (Å²) in [6, 6.07) is 7.06. The SMILES string of the molecule is CSCC[C@H](NC(=O)[C@H](Cc1cnc[nH]1)NC(=O)OCc1ccccc1)C(=O)O. The highest BCUT2D eigenvalue weighted by atomic mass is 32.2. The number of carbonyl (C=O) groups is 3. The first-order valence-electron chi connectivity index (χ1n) is 8.96. The maximum atomic E-state index is 12.7. The molecule has 0 unspecified atom stereocenters. The maximum absolute atomic E-state index is 12.7. The molecular formula is C19H24N4O5S. The number of aromatic amines is 1. The van der Waals surface area contributed by atoms with E-state index in [2.05, 4.69) is 20.6 Å². The van der Waals surface area contributed by atoms with E-state index in [4.69, 9.17) is 4.74 Å². The number of H-pyrrole nitrogens is 1. The van der Waals surface area contributed by atoms with Crippen LogP contribution < -0.4 is 10.6 Å². The van der Waals surface area contributed by atoms with Crippen molar-refractivity contribution < 1.29 is 24.2 Å². The third-order valence-corrected chi connectivity index (χ3v) is 4.67. The number of alkyl carbamates (subject to hydrolysis) is 1. The molecule has 1 aromatic carbocycles. The van der Waals surface area contributed by atoms with Crippen molar-refractivity contribution in [3.63, 3.8) is 0 Å². The number of imidazole rings is 1. The monoisotopic (exact) mass is 420 g/mol. The number of hydrogen-bond donors (Lipinski definition) is 4. The van der Waals surface area contributed by atoms with Crippen molar-refractivity contribution in [3.8, 4) is 0 Å². The number of benzene rings is 1. The summed E-state index contributed by atoms with van der Waals surface area (Å²) in [6.45, 7) is 0.0521. The quantitative estimate of drug-likeness (QED) is 0.434. The van der Waals surface area contributed by atoms with Crippen LogP contribution in [-0.2, 0) is 27.4 Å². The summed E-state index contributed by atoms with van der Waals surface area (Å²) in [6.07, 6.45) is 4.45. The van der Waals surface area contributed by atoms with Crippen LogP contribution in [0.2, 0.25) is 0 Å². The zero-order valence-corrected chi connectivity index (χ0v) is 16.8. The van der Waals surface area contributed by atoms with Gasteiger partial charge >= 0.3 is 12.1 Å². The fourth-order valence-corrected chi connectivity index (χ4v) is 2.97. The number of aliphatic carboxylic acids is 1. The minimum absolute atomic E-state index is 0.0521. The lowest BCUT2D eigenvalue weighted by atomic mass is 10.1. The van der Waals surface area contributed by atoms with Gasteiger partial charge in [-0.1, -0.05) is 30.3 Å². The van der Waals surface area contributed by atoms with Gasteiger partial charge in [0.2, 0.25) is 5.91 Å². The van der Waals surface area contributed by atoms with Gasteiger partial charge in [-0.05, 0) is 24.0 Å². The molecule has 29 heavy (non-hydrogen) atoms. The van der Waals surface area contributed by atoms with Gasteiger partial charge in [-0.2, -0.15) is 11.8 Å². The van der Waals surface area contributed by atoms with Crippen LogP contribution in [0.25, 0.3) is 0 Å². The fourth-order valence-electron chi connectivity index (χ4n) is 2.50. The zero-order valence-electron chi connectivity index (χ0n) is 16.0. The van der Waals surface area contributed by atoms with Crippen LogP contribution in [0.3, 0.4) is 0 Å². The molecule has 4 N–H and O–H groups in total. The van der Waals surface area contributed by atoms with Crippen LogP contribution in [0.5, 0.6) is 0 Å². The number of nitrogens with one attached hydrogen (secondary N) is 3. The highest BCUT2D eigenvalue weighted by Crippen LogP contribution is 2.05. The predicted octanol–water partition coefficient (Wildman–Crippen LogP) is 1.57. The van der Waals surface area contributed by atoms with Gasteiger partial charge in [0.05, 0.1) is 6.33 Å². The largest absolute Gasteiger partial charge is 0.480 e. The van der Waals surface area contributed by atoms with E-state index in [1.807, 2.05) is 36.6 Å². The lowest BCUT2D eigenvalue weighted by Gasteiger charge is -2.21. The Kier molecular flexibility index (Phi) is 9.03. The van der Waals surface area contributed by atoms with Crippen LogP contribution in [0.15, 0.2) is 42.9 Å². The Hall–Kier alpha value is -3.01. The van der Waals surface area contributed by atoms with Gasteiger partial charge in [0.25, 0.3) is 0 Å². The van der Waals surface area contributed by atoms with Gasteiger partial charge < -0.3 is 25.5 Å². The van der Waals surface area contributed by atoms with Crippen LogP contribution in [-0.4, -0.2) is 57.1 Å². The van der Waals surface area contributed by atoms with Crippen molar-refractivity contribution >= 4 is 29.7 Å². The number of rotatable bonds is 11. The molecular weight excluding hydrogens is 396 g/mol. The number of thioether (sulfide) groups is 1. The Balaban J connectivity index is 2.00. The third-order valence-electron chi connectivity index (χ3n) is 4.03. The highest BCUT2D eigenvalue weighted by molar-refractivity contribution is 7.98. The first-order valence-corrected chi connectivity index (χ1v) is 10.4. The molecule has 2 rings (SSSR count). The molecule has 9 nitrogen and oxygen atoms in total. The van der Waals surface area contributed by atoms with Crippen molar-refractivity contribution in [2.24, 2.45) is 0 Å². The Morgan fingerprint density at radius 3 is 2.59 bits per heavy atom. The fraction of sp³-hybridized carbons (Fsp3) is 0.368. The molecule has 2 aromatic rings. The number of aromatic nitrogens is 2. The number of hydrogen-bond acceptors (Lipinski definition) is 6. The molecule has 0 spiro atoms. The molecule has 1 aromatic heterocycles. The van der Waals surface area contributed by atoms with E-state index in [1.165, 1.54) is 24.3 Å². The van der Waals surface area contributed by atoms with E-state index < -0.39 is 30.1 Å². The van der Waals surface area contributed by atoms with E-state index in [0.29, 0.717) is 11.4 Å². The molecule has 0 aliphatic carbocycles. The molecule has 0 radical (unpaired) electrons. The van der Waals surface area contributed by atoms with Crippen molar-refractivity contribution in [3.05, 3.63) is 54.1 Å². The molecule has 156 valence electrons. The van der Waals surface area contributed by atoms with Gasteiger partial charge in [0, 0.05) is 18.3 Å². The molecule has 0 aliphatic rings. The topological polar surface area (TPSA) is 133 Å². The Labute approximate surface area is 172 Å². The zero-order chi connectivity index (χ0) is 21.1. The minimum atomic E-state index is -1.13. The molecule has 0 saturated carbocycles. The van der Waals surface area contributed by atoms with E-state index in [9.17, 15) is 19.5 Å². The molecule has 0 saturated heterocycles. The summed E-state index contributed by atoms with van der Waals surface area (Å²) in [5, 5.41) is 14.3. The predicted molar refractivity (Wildman–Crippen MR) is 108 cm³/mol.